The molecule has 0 spiro atoms. The average molecular weight is 437 g/mol. The molecule has 0 aliphatic rings. The molecule has 1 aromatic carbocycles. The van der Waals surface area contributed by atoms with Crippen LogP contribution >= 0.6 is 11.3 Å². The van der Waals surface area contributed by atoms with E-state index >= 15 is 0 Å². The zero-order chi connectivity index (χ0) is 21.5. The number of hydrogen-bond acceptors (Lipinski definition) is 6. The molecule has 2 aromatic heterocycles. The van der Waals surface area contributed by atoms with Gasteiger partial charge in [-0.1, -0.05) is 12.1 Å². The van der Waals surface area contributed by atoms with Gasteiger partial charge in [0.15, 0.2) is 0 Å². The van der Waals surface area contributed by atoms with E-state index in [1.807, 2.05) is 0 Å². The Labute approximate surface area is 169 Å². The highest BCUT2D eigenvalue weighted by molar-refractivity contribution is 7.89. The highest BCUT2D eigenvalue weighted by Gasteiger charge is 2.18. The molecule has 0 saturated heterocycles. The molecule has 0 unspecified atom stereocenters. The van der Waals surface area contributed by atoms with Gasteiger partial charge in [-0.3, -0.25) is 13.9 Å². The van der Waals surface area contributed by atoms with Gasteiger partial charge < -0.3 is 5.11 Å². The van der Waals surface area contributed by atoms with Crippen LogP contribution in [0.25, 0.3) is 10.2 Å². The molecule has 0 fully saturated rings. The van der Waals surface area contributed by atoms with Gasteiger partial charge in [0, 0.05) is 13.1 Å². The third-order valence-electron chi connectivity index (χ3n) is 4.19. The fourth-order valence-electron chi connectivity index (χ4n) is 2.86. The lowest BCUT2D eigenvalue weighted by Gasteiger charge is -2.11. The van der Waals surface area contributed by atoms with Crippen molar-refractivity contribution in [1.82, 2.24) is 13.9 Å². The van der Waals surface area contributed by atoms with Crippen molar-refractivity contribution in [2.75, 3.05) is 0 Å². The Morgan fingerprint density at radius 2 is 1.83 bits per heavy atom. The van der Waals surface area contributed by atoms with Crippen LogP contribution in [0, 0.1) is 0 Å². The van der Waals surface area contributed by atoms with Crippen molar-refractivity contribution in [1.29, 1.82) is 0 Å². The first-order valence-corrected chi connectivity index (χ1v) is 10.9. The smallest absolute Gasteiger partial charge is 0.345 e. The Bertz CT molecular complexity index is 1310. The van der Waals surface area contributed by atoms with E-state index < -0.39 is 27.2 Å². The number of thiophene rings is 1. The molecule has 154 valence electrons. The Morgan fingerprint density at radius 3 is 2.38 bits per heavy atom. The first kappa shape index (κ1) is 21.0. The number of sulfonamides is 1. The number of carboxylic acids is 1. The van der Waals surface area contributed by atoms with Crippen molar-refractivity contribution in [2.45, 2.75) is 31.3 Å². The minimum Gasteiger partial charge on any atom is -0.477 e. The highest BCUT2D eigenvalue weighted by Crippen LogP contribution is 2.21. The highest BCUT2D eigenvalue weighted by atomic mass is 32.2. The lowest BCUT2D eigenvalue weighted by atomic mass is 10.2. The summed E-state index contributed by atoms with van der Waals surface area (Å²) < 4.78 is 29.1. The number of rotatable bonds is 6. The van der Waals surface area contributed by atoms with E-state index in [1.54, 1.807) is 13.8 Å². The average Bonchev–Trinajstić information content (AvgIpc) is 3.09. The number of benzene rings is 1. The molecule has 29 heavy (non-hydrogen) atoms. The summed E-state index contributed by atoms with van der Waals surface area (Å²) in [5, 5.41) is 9.30. The van der Waals surface area contributed by atoms with Crippen LogP contribution in [0.5, 0.6) is 0 Å². The summed E-state index contributed by atoms with van der Waals surface area (Å²) in [6, 6.07) is 6.87. The summed E-state index contributed by atoms with van der Waals surface area (Å²) >= 11 is 0.861. The monoisotopic (exact) mass is 437 g/mol. The summed E-state index contributed by atoms with van der Waals surface area (Å²) in [5.41, 5.74) is -0.620. The Kier molecular flexibility index (Phi) is 5.48. The SMILES string of the molecule is CC(C)NS(=O)(=O)c1ccc(Cn2c(=O)c3cc(C(=O)O)sc3n(C)c2=O)cc1. The van der Waals surface area contributed by atoms with Gasteiger partial charge in [-0.2, -0.15) is 0 Å². The quantitative estimate of drug-likeness (QED) is 0.596. The molecule has 0 bridgehead atoms. The van der Waals surface area contributed by atoms with Crippen molar-refractivity contribution < 1.29 is 18.3 Å². The molecular formula is C18H19N3O6S2. The lowest BCUT2D eigenvalue weighted by Crippen LogP contribution is -2.38. The van der Waals surface area contributed by atoms with Crippen molar-refractivity contribution >= 4 is 37.5 Å². The van der Waals surface area contributed by atoms with E-state index in [2.05, 4.69) is 4.72 Å². The molecule has 3 rings (SSSR count). The second-order valence-corrected chi connectivity index (χ2v) is 9.53. The van der Waals surface area contributed by atoms with Crippen LogP contribution in [-0.2, 0) is 23.6 Å². The van der Waals surface area contributed by atoms with E-state index in [0.717, 1.165) is 15.9 Å². The molecule has 0 aliphatic carbocycles. The topological polar surface area (TPSA) is 127 Å². The minimum absolute atomic E-state index is 0.0305. The van der Waals surface area contributed by atoms with E-state index in [-0.39, 0.29) is 32.6 Å². The molecule has 9 nitrogen and oxygen atoms in total. The fraction of sp³-hybridized carbons (Fsp3) is 0.278. The van der Waals surface area contributed by atoms with E-state index in [4.69, 9.17) is 5.11 Å². The number of fused-ring (bicyclic) bond motifs is 1. The maximum Gasteiger partial charge on any atom is 0.345 e. The van der Waals surface area contributed by atoms with Crippen molar-refractivity contribution in [2.24, 2.45) is 7.05 Å². The first-order valence-electron chi connectivity index (χ1n) is 8.59. The number of aromatic carboxylic acids is 1. The normalized spacial score (nSPS) is 12.0. The number of nitrogens with zero attached hydrogens (tertiary/aromatic N) is 2. The van der Waals surface area contributed by atoms with Crippen LogP contribution in [0.1, 0.15) is 29.1 Å². The van der Waals surface area contributed by atoms with E-state index in [0.29, 0.717) is 5.56 Å². The molecule has 2 N–H and O–H groups in total. The van der Waals surface area contributed by atoms with Crippen molar-refractivity contribution in [3.63, 3.8) is 0 Å². The number of carbonyl (C=O) groups is 1. The van der Waals surface area contributed by atoms with Gasteiger partial charge in [0.2, 0.25) is 10.0 Å². The number of aryl methyl sites for hydroxylation is 1. The van der Waals surface area contributed by atoms with Gasteiger partial charge >= 0.3 is 11.7 Å². The molecule has 0 saturated carbocycles. The largest absolute Gasteiger partial charge is 0.477 e. The predicted octanol–water partition coefficient (Wildman–Crippen LogP) is 1.19. The fourth-order valence-corrected chi connectivity index (χ4v) is 5.06. The summed E-state index contributed by atoms with van der Waals surface area (Å²) in [6.45, 7) is 3.35. The molecule has 0 amide bonds. The van der Waals surface area contributed by atoms with E-state index in [9.17, 15) is 22.8 Å². The van der Waals surface area contributed by atoms with Crippen LogP contribution in [0.2, 0.25) is 0 Å². The second kappa shape index (κ2) is 7.58. The summed E-state index contributed by atoms with van der Waals surface area (Å²) in [5.74, 6) is -1.17. The third-order valence-corrected chi connectivity index (χ3v) is 7.06. The van der Waals surface area contributed by atoms with Gasteiger partial charge in [0.05, 0.1) is 16.8 Å². The standard InChI is InChI=1S/C18H19N3O6S2/c1-10(2)19-29(26,27)12-6-4-11(5-7-12)9-21-15(22)13-8-14(17(23)24)28-16(13)20(3)18(21)25/h4-8,10,19H,9H2,1-3H3,(H,23,24). The Balaban J connectivity index is 2.02. The number of nitrogens with one attached hydrogen (secondary N) is 1. The van der Waals surface area contributed by atoms with Gasteiger partial charge in [-0.05, 0) is 37.6 Å². The van der Waals surface area contributed by atoms with Crippen LogP contribution in [0.4, 0.5) is 0 Å². The molecular weight excluding hydrogens is 418 g/mol. The number of carboxylic acid groups (broad SMARTS) is 1. The molecule has 2 heterocycles. The molecule has 0 radical (unpaired) electrons. The maximum atomic E-state index is 12.7. The molecule has 0 atom stereocenters. The second-order valence-electron chi connectivity index (χ2n) is 6.79. The molecule has 3 aromatic rings. The predicted molar refractivity (Wildman–Crippen MR) is 109 cm³/mol. The lowest BCUT2D eigenvalue weighted by molar-refractivity contribution is 0.0702. The maximum absolute atomic E-state index is 12.7. The summed E-state index contributed by atoms with van der Waals surface area (Å²) in [4.78, 5) is 36.9. The van der Waals surface area contributed by atoms with Gasteiger partial charge in [-0.15, -0.1) is 11.3 Å². The zero-order valence-corrected chi connectivity index (χ0v) is 17.5. The zero-order valence-electron chi connectivity index (χ0n) is 15.9. The van der Waals surface area contributed by atoms with Gasteiger partial charge in [0.25, 0.3) is 5.56 Å². The van der Waals surface area contributed by atoms with Crippen molar-refractivity contribution in [3.05, 3.63) is 61.6 Å². The summed E-state index contributed by atoms with van der Waals surface area (Å²) in [6.07, 6.45) is 0. The number of hydrogen-bond donors (Lipinski definition) is 2. The molecule has 0 aliphatic heterocycles. The van der Waals surface area contributed by atoms with Crippen LogP contribution in [0.3, 0.4) is 0 Å². The first-order chi connectivity index (χ1) is 13.5. The van der Waals surface area contributed by atoms with Gasteiger partial charge in [0.1, 0.15) is 9.71 Å². The van der Waals surface area contributed by atoms with Crippen LogP contribution < -0.4 is 16.0 Å². The van der Waals surface area contributed by atoms with Crippen LogP contribution in [0.15, 0.2) is 44.8 Å². The van der Waals surface area contributed by atoms with Crippen molar-refractivity contribution in [3.8, 4) is 0 Å². The Hall–Kier alpha value is -2.76. The van der Waals surface area contributed by atoms with Crippen LogP contribution in [-0.4, -0.2) is 34.7 Å². The molecule has 11 heteroatoms. The van der Waals surface area contributed by atoms with Gasteiger partial charge in [-0.25, -0.2) is 22.7 Å². The minimum atomic E-state index is -3.65. The number of aromatic nitrogens is 2. The Morgan fingerprint density at radius 1 is 1.21 bits per heavy atom. The summed E-state index contributed by atoms with van der Waals surface area (Å²) in [7, 11) is -2.18. The van der Waals surface area contributed by atoms with E-state index in [1.165, 1.54) is 41.9 Å². The third kappa shape index (κ3) is 4.02.